The first-order valence-electron chi connectivity index (χ1n) is 14.2. The van der Waals surface area contributed by atoms with E-state index in [1.165, 1.54) is 0 Å². The van der Waals surface area contributed by atoms with Crippen LogP contribution in [0.4, 0.5) is 4.79 Å². The number of nitrogens with zero attached hydrogens (tertiary/aromatic N) is 1. The van der Waals surface area contributed by atoms with Crippen LogP contribution in [0.3, 0.4) is 0 Å². The Kier molecular flexibility index (Phi) is 10.4. The van der Waals surface area contributed by atoms with E-state index in [9.17, 15) is 9.90 Å². The van der Waals surface area contributed by atoms with Crippen LogP contribution in [0.5, 0.6) is 0 Å². The molecule has 2 aromatic carbocycles. The normalized spacial score (nSPS) is 21.9. The van der Waals surface area contributed by atoms with Crippen LogP contribution in [0.15, 0.2) is 57.6 Å². The molecule has 0 aliphatic carbocycles. The standard InChI is InChI=1S/C31H38Br2N2O6/c1-19(2)15-35(16-21-8-9-27-23(12-21)24(14-32)29(33)40-27)17-26(36)25(13-20-6-4-3-5-7-20)34-31(37)41-28-18-39-30-22(28)10-11-38-30/h3-9,12,19,22,25-26,28,30,36H,10-11,13-18H2,1-2H3,(H,34,37)/t22-,25-,26+,28-,30+/m0/s1. The highest BCUT2D eigenvalue weighted by molar-refractivity contribution is 9.10. The number of hydrogen-bond acceptors (Lipinski definition) is 7. The Morgan fingerprint density at radius 2 is 1.95 bits per heavy atom. The zero-order chi connectivity index (χ0) is 28.9. The van der Waals surface area contributed by atoms with Gasteiger partial charge in [0, 0.05) is 35.9 Å². The second kappa shape index (κ2) is 14.0. The molecule has 41 heavy (non-hydrogen) atoms. The Balaban J connectivity index is 1.29. The van der Waals surface area contributed by atoms with Gasteiger partial charge in [-0.2, -0.15) is 0 Å². The lowest BCUT2D eigenvalue weighted by atomic mass is 10.00. The maximum Gasteiger partial charge on any atom is 0.407 e. The predicted octanol–water partition coefficient (Wildman–Crippen LogP) is 6.01. The molecule has 1 amide bonds. The third-order valence-electron chi connectivity index (χ3n) is 7.72. The molecule has 2 N–H and O–H groups in total. The minimum atomic E-state index is -0.825. The molecular weight excluding hydrogens is 656 g/mol. The van der Waals surface area contributed by atoms with Gasteiger partial charge in [-0.05, 0) is 57.9 Å². The Bertz CT molecular complexity index is 1300. The van der Waals surface area contributed by atoms with E-state index in [1.54, 1.807) is 0 Å². The zero-order valence-corrected chi connectivity index (χ0v) is 26.6. The zero-order valence-electron chi connectivity index (χ0n) is 23.4. The summed E-state index contributed by atoms with van der Waals surface area (Å²) in [4.78, 5) is 15.3. The van der Waals surface area contributed by atoms with Gasteiger partial charge in [-0.1, -0.05) is 66.2 Å². The van der Waals surface area contributed by atoms with E-state index < -0.39 is 18.2 Å². The minimum absolute atomic E-state index is 0.0537. The first kappa shape index (κ1) is 30.5. The number of furan rings is 1. The molecule has 8 nitrogen and oxygen atoms in total. The van der Waals surface area contributed by atoms with E-state index in [0.29, 0.717) is 44.0 Å². The summed E-state index contributed by atoms with van der Waals surface area (Å²) in [5, 5.41) is 16.3. The summed E-state index contributed by atoms with van der Waals surface area (Å²) < 4.78 is 23.5. The van der Waals surface area contributed by atoms with E-state index in [1.807, 2.05) is 36.4 Å². The number of ether oxygens (including phenoxy) is 3. The van der Waals surface area contributed by atoms with Gasteiger partial charge in [0.2, 0.25) is 0 Å². The van der Waals surface area contributed by atoms with Crippen molar-refractivity contribution >= 4 is 48.9 Å². The average Bonchev–Trinajstić information content (AvgIpc) is 3.63. The Morgan fingerprint density at radius 1 is 1.15 bits per heavy atom. The number of halogens is 2. The summed E-state index contributed by atoms with van der Waals surface area (Å²) in [6, 6.07) is 15.6. The van der Waals surface area contributed by atoms with E-state index in [0.717, 1.165) is 45.3 Å². The van der Waals surface area contributed by atoms with E-state index in [4.69, 9.17) is 18.6 Å². The van der Waals surface area contributed by atoms with E-state index >= 15 is 0 Å². The van der Waals surface area contributed by atoms with Gasteiger partial charge in [-0.3, -0.25) is 4.90 Å². The van der Waals surface area contributed by atoms with Crippen molar-refractivity contribution in [3.05, 3.63) is 69.9 Å². The second-order valence-corrected chi connectivity index (χ2v) is 12.7. The molecule has 2 aliphatic heterocycles. The fourth-order valence-electron chi connectivity index (χ4n) is 5.78. The lowest BCUT2D eigenvalue weighted by molar-refractivity contribution is -0.0907. The van der Waals surface area contributed by atoms with Crippen molar-refractivity contribution < 1.29 is 28.5 Å². The quantitative estimate of drug-likeness (QED) is 0.225. The van der Waals surface area contributed by atoms with Gasteiger partial charge in [0.25, 0.3) is 0 Å². The number of aliphatic hydroxyl groups is 1. The molecule has 5 atom stereocenters. The molecular formula is C31H38Br2N2O6. The Morgan fingerprint density at radius 3 is 2.71 bits per heavy atom. The first-order valence-corrected chi connectivity index (χ1v) is 16.1. The van der Waals surface area contributed by atoms with E-state index in [-0.39, 0.29) is 18.3 Å². The van der Waals surface area contributed by atoms with Crippen molar-refractivity contribution in [3.63, 3.8) is 0 Å². The van der Waals surface area contributed by atoms with Crippen LogP contribution in [0.1, 0.15) is 37.0 Å². The monoisotopic (exact) mass is 692 g/mol. The molecule has 3 heterocycles. The smallest absolute Gasteiger partial charge is 0.407 e. The SMILES string of the molecule is CC(C)CN(Cc1ccc2oc(Br)c(CBr)c2c1)C[C@@H](O)[C@H](Cc1ccccc1)NC(=O)O[C@H]1CO[C@H]2OCC[C@H]21. The Hall–Kier alpha value is -1.95. The number of carbonyl (C=O) groups excluding carboxylic acids is 1. The van der Waals surface area contributed by atoms with Gasteiger partial charge in [-0.15, -0.1) is 0 Å². The summed E-state index contributed by atoms with van der Waals surface area (Å²) in [7, 11) is 0. The van der Waals surface area contributed by atoms with Crippen molar-refractivity contribution in [2.24, 2.45) is 11.8 Å². The molecule has 2 fully saturated rings. The number of alkyl halides is 1. The van der Waals surface area contributed by atoms with Crippen molar-refractivity contribution in [1.29, 1.82) is 0 Å². The van der Waals surface area contributed by atoms with Gasteiger partial charge in [0.05, 0.1) is 31.3 Å². The largest absolute Gasteiger partial charge is 0.449 e. The summed E-state index contributed by atoms with van der Waals surface area (Å²) in [6.07, 6.45) is -0.727. The van der Waals surface area contributed by atoms with Crippen molar-refractivity contribution in [1.82, 2.24) is 10.2 Å². The van der Waals surface area contributed by atoms with Crippen molar-refractivity contribution in [3.8, 4) is 0 Å². The third-order valence-corrected chi connectivity index (χ3v) is 8.93. The molecule has 0 radical (unpaired) electrons. The number of carbonyl (C=O) groups is 1. The summed E-state index contributed by atoms with van der Waals surface area (Å²) in [5.41, 5.74) is 4.06. The molecule has 1 aromatic heterocycles. The second-order valence-electron chi connectivity index (χ2n) is 11.4. The van der Waals surface area contributed by atoms with Gasteiger partial charge < -0.3 is 29.1 Å². The number of benzene rings is 2. The number of fused-ring (bicyclic) bond motifs is 2. The fourth-order valence-corrected chi connectivity index (χ4v) is 7.24. The fraction of sp³-hybridized carbons (Fsp3) is 0.516. The number of alkyl carbamates (subject to hydrolysis) is 1. The topological polar surface area (TPSA) is 93.4 Å². The molecule has 0 spiro atoms. The van der Waals surface area contributed by atoms with Crippen LogP contribution in [-0.2, 0) is 32.5 Å². The van der Waals surface area contributed by atoms with Crippen LogP contribution >= 0.6 is 31.9 Å². The average molecular weight is 694 g/mol. The van der Waals surface area contributed by atoms with Gasteiger partial charge in [0.1, 0.15) is 11.7 Å². The van der Waals surface area contributed by atoms with Crippen LogP contribution in [0.25, 0.3) is 11.0 Å². The first-order chi connectivity index (χ1) is 19.8. The minimum Gasteiger partial charge on any atom is -0.449 e. The predicted molar refractivity (Wildman–Crippen MR) is 164 cm³/mol. The van der Waals surface area contributed by atoms with E-state index in [2.05, 4.69) is 68.1 Å². The molecule has 0 unspecified atom stereocenters. The number of amides is 1. The Labute approximate surface area is 257 Å². The molecule has 0 bridgehead atoms. The van der Waals surface area contributed by atoms with Crippen LogP contribution in [-0.4, -0.2) is 66.9 Å². The molecule has 222 valence electrons. The number of hydrogen-bond donors (Lipinski definition) is 2. The van der Waals surface area contributed by atoms with Crippen LogP contribution in [0.2, 0.25) is 0 Å². The van der Waals surface area contributed by atoms with Crippen molar-refractivity contribution in [2.75, 3.05) is 26.3 Å². The lowest BCUT2D eigenvalue weighted by Gasteiger charge is -2.31. The van der Waals surface area contributed by atoms with Crippen LogP contribution < -0.4 is 5.32 Å². The highest BCUT2D eigenvalue weighted by atomic mass is 79.9. The third kappa shape index (κ3) is 7.72. The lowest BCUT2D eigenvalue weighted by Crippen LogP contribution is -2.50. The maximum atomic E-state index is 13.1. The highest BCUT2D eigenvalue weighted by Gasteiger charge is 2.44. The molecule has 2 aliphatic rings. The number of aliphatic hydroxyl groups excluding tert-OH is 1. The summed E-state index contributed by atoms with van der Waals surface area (Å²) in [5.74, 6) is 0.444. The molecule has 3 aromatic rings. The summed E-state index contributed by atoms with van der Waals surface area (Å²) >= 11 is 7.08. The summed E-state index contributed by atoms with van der Waals surface area (Å²) in [6.45, 7) is 7.10. The van der Waals surface area contributed by atoms with Gasteiger partial charge in [0.15, 0.2) is 11.0 Å². The molecule has 0 saturated carbocycles. The highest BCUT2D eigenvalue weighted by Crippen LogP contribution is 2.34. The maximum absolute atomic E-state index is 13.1. The molecule has 10 heteroatoms. The van der Waals surface area contributed by atoms with Gasteiger partial charge in [-0.25, -0.2) is 4.79 Å². The number of nitrogens with one attached hydrogen (secondary N) is 1. The van der Waals surface area contributed by atoms with Gasteiger partial charge >= 0.3 is 6.09 Å². The molecule has 5 rings (SSSR count). The van der Waals surface area contributed by atoms with Crippen molar-refractivity contribution in [2.45, 2.75) is 63.1 Å². The molecule has 2 saturated heterocycles. The number of rotatable bonds is 12. The van der Waals surface area contributed by atoms with Crippen LogP contribution in [0, 0.1) is 11.8 Å².